The van der Waals surface area contributed by atoms with Crippen molar-refractivity contribution in [2.45, 2.75) is 25.3 Å². The number of nitrogens with one attached hydrogen (secondary N) is 2. The van der Waals surface area contributed by atoms with Crippen molar-refractivity contribution >= 4 is 23.4 Å². The SMILES string of the molecule is COc1ccccc1/C=C1\CCCC2=C1NC(=S)NC2c1ccccc1OC. The summed E-state index contributed by atoms with van der Waals surface area (Å²) in [5, 5.41) is 7.50. The highest BCUT2D eigenvalue weighted by atomic mass is 32.1. The number of allylic oxidation sites excluding steroid dienone is 1. The van der Waals surface area contributed by atoms with Crippen molar-refractivity contribution in [2.75, 3.05) is 14.2 Å². The Kier molecular flexibility index (Phi) is 5.35. The lowest BCUT2D eigenvalue weighted by Gasteiger charge is -2.36. The smallest absolute Gasteiger partial charge is 0.171 e. The van der Waals surface area contributed by atoms with E-state index in [0.717, 1.165) is 47.6 Å². The van der Waals surface area contributed by atoms with E-state index in [0.29, 0.717) is 5.11 Å². The van der Waals surface area contributed by atoms with Crippen LogP contribution in [0.15, 0.2) is 65.4 Å². The second kappa shape index (κ2) is 8.07. The van der Waals surface area contributed by atoms with Crippen LogP contribution in [-0.2, 0) is 0 Å². The van der Waals surface area contributed by atoms with Crippen LogP contribution in [0.1, 0.15) is 36.4 Å². The highest BCUT2D eigenvalue weighted by Crippen LogP contribution is 2.41. The van der Waals surface area contributed by atoms with Crippen molar-refractivity contribution in [3.8, 4) is 11.5 Å². The number of hydrogen-bond donors (Lipinski definition) is 2. The largest absolute Gasteiger partial charge is 0.496 e. The standard InChI is InChI=1S/C23H24N2O2S/c1-26-19-12-5-3-8-15(19)14-16-9-7-11-18-21(16)24-23(28)25-22(18)17-10-4-6-13-20(17)27-2/h3-6,8,10,12-14,22H,7,9,11H2,1-2H3,(H2,24,25,28)/b16-14+. The monoisotopic (exact) mass is 392 g/mol. The fraction of sp³-hybridized carbons (Fsp3) is 0.261. The van der Waals surface area contributed by atoms with Gasteiger partial charge in [-0.2, -0.15) is 0 Å². The van der Waals surface area contributed by atoms with E-state index in [2.05, 4.69) is 28.8 Å². The molecule has 0 aromatic heterocycles. The van der Waals surface area contributed by atoms with Crippen LogP contribution in [0.5, 0.6) is 11.5 Å². The Bertz CT molecular complexity index is 965. The zero-order valence-corrected chi connectivity index (χ0v) is 16.9. The van der Waals surface area contributed by atoms with Crippen molar-refractivity contribution in [3.05, 3.63) is 76.5 Å². The highest BCUT2D eigenvalue weighted by Gasteiger charge is 2.31. The highest BCUT2D eigenvalue weighted by molar-refractivity contribution is 7.80. The second-order valence-electron chi connectivity index (χ2n) is 6.94. The first-order chi connectivity index (χ1) is 13.7. The van der Waals surface area contributed by atoms with Crippen molar-refractivity contribution in [1.82, 2.24) is 10.6 Å². The van der Waals surface area contributed by atoms with Crippen LogP contribution >= 0.6 is 12.2 Å². The molecule has 0 saturated carbocycles. The lowest BCUT2D eigenvalue weighted by molar-refractivity contribution is 0.404. The summed E-state index contributed by atoms with van der Waals surface area (Å²) in [5.74, 6) is 1.75. The maximum Gasteiger partial charge on any atom is 0.171 e. The molecule has 4 rings (SSSR count). The summed E-state index contributed by atoms with van der Waals surface area (Å²) in [6, 6.07) is 16.2. The predicted molar refractivity (Wildman–Crippen MR) is 116 cm³/mol. The van der Waals surface area contributed by atoms with Gasteiger partial charge in [-0.15, -0.1) is 0 Å². The van der Waals surface area contributed by atoms with Gasteiger partial charge in [0, 0.05) is 16.8 Å². The lowest BCUT2D eigenvalue weighted by Crippen LogP contribution is -2.45. The number of benzene rings is 2. The molecule has 0 saturated heterocycles. The van der Waals surface area contributed by atoms with Gasteiger partial charge >= 0.3 is 0 Å². The summed E-state index contributed by atoms with van der Waals surface area (Å²) in [7, 11) is 3.42. The molecule has 4 nitrogen and oxygen atoms in total. The van der Waals surface area contributed by atoms with Crippen molar-refractivity contribution in [2.24, 2.45) is 0 Å². The molecule has 2 N–H and O–H groups in total. The Morgan fingerprint density at radius 2 is 1.68 bits per heavy atom. The Morgan fingerprint density at radius 3 is 2.46 bits per heavy atom. The van der Waals surface area contributed by atoms with E-state index in [9.17, 15) is 0 Å². The van der Waals surface area contributed by atoms with Gasteiger partial charge in [-0.1, -0.05) is 36.4 Å². The number of methoxy groups -OCH3 is 2. The Morgan fingerprint density at radius 1 is 0.964 bits per heavy atom. The minimum absolute atomic E-state index is 0.0151. The van der Waals surface area contributed by atoms with E-state index in [1.54, 1.807) is 14.2 Å². The maximum atomic E-state index is 5.61. The molecule has 5 heteroatoms. The second-order valence-corrected chi connectivity index (χ2v) is 7.35. The molecule has 0 amide bonds. The first-order valence-electron chi connectivity index (χ1n) is 9.48. The summed E-state index contributed by atoms with van der Waals surface area (Å²) in [4.78, 5) is 0. The molecule has 1 aliphatic carbocycles. The molecule has 1 heterocycles. The summed E-state index contributed by atoms with van der Waals surface area (Å²) in [6.45, 7) is 0. The van der Waals surface area contributed by atoms with E-state index in [1.807, 2.05) is 36.4 Å². The van der Waals surface area contributed by atoms with Gasteiger partial charge in [0.25, 0.3) is 0 Å². The summed E-state index contributed by atoms with van der Waals surface area (Å²) >= 11 is 5.55. The number of para-hydroxylation sites is 2. The van der Waals surface area contributed by atoms with E-state index >= 15 is 0 Å². The van der Waals surface area contributed by atoms with E-state index in [1.165, 1.54) is 11.1 Å². The molecule has 0 bridgehead atoms. The zero-order chi connectivity index (χ0) is 19.5. The Labute approximate surface area is 171 Å². The molecule has 0 radical (unpaired) electrons. The van der Waals surface area contributed by atoms with Crippen molar-refractivity contribution < 1.29 is 9.47 Å². The Hall–Kier alpha value is -2.79. The van der Waals surface area contributed by atoms with E-state index < -0.39 is 0 Å². The predicted octanol–water partition coefficient (Wildman–Crippen LogP) is 4.74. The minimum Gasteiger partial charge on any atom is -0.496 e. The van der Waals surface area contributed by atoms with E-state index in [4.69, 9.17) is 21.7 Å². The van der Waals surface area contributed by atoms with Gasteiger partial charge in [0.2, 0.25) is 0 Å². The van der Waals surface area contributed by atoms with Crippen LogP contribution < -0.4 is 20.1 Å². The average Bonchev–Trinajstić information content (AvgIpc) is 2.74. The van der Waals surface area contributed by atoms with Gasteiger partial charge < -0.3 is 20.1 Å². The molecular weight excluding hydrogens is 368 g/mol. The van der Waals surface area contributed by atoms with Gasteiger partial charge in [-0.3, -0.25) is 0 Å². The Balaban J connectivity index is 1.81. The van der Waals surface area contributed by atoms with Gasteiger partial charge in [0.05, 0.1) is 20.3 Å². The molecule has 0 spiro atoms. The van der Waals surface area contributed by atoms with Gasteiger partial charge in [-0.25, -0.2) is 0 Å². The van der Waals surface area contributed by atoms with Crippen molar-refractivity contribution in [3.63, 3.8) is 0 Å². The molecule has 28 heavy (non-hydrogen) atoms. The summed E-state index contributed by atoms with van der Waals surface area (Å²) in [6.07, 6.45) is 5.34. The fourth-order valence-corrected chi connectivity index (χ4v) is 4.25. The molecule has 1 atom stereocenters. The molecule has 2 aliphatic rings. The third kappa shape index (κ3) is 3.50. The number of thiocarbonyl (C=S) groups is 1. The number of ether oxygens (including phenoxy) is 2. The molecular formula is C23H24N2O2S. The lowest BCUT2D eigenvalue weighted by atomic mass is 9.83. The van der Waals surface area contributed by atoms with Crippen LogP contribution in [-0.4, -0.2) is 19.3 Å². The third-order valence-corrected chi connectivity index (χ3v) is 5.54. The van der Waals surface area contributed by atoms with Crippen LogP contribution in [0.3, 0.4) is 0 Å². The molecule has 1 unspecified atom stereocenters. The number of rotatable bonds is 4. The molecule has 2 aromatic carbocycles. The summed E-state index contributed by atoms with van der Waals surface area (Å²) < 4.78 is 11.1. The normalized spacial score (nSPS) is 20.3. The van der Waals surface area contributed by atoms with Crippen LogP contribution in [0, 0.1) is 0 Å². The van der Waals surface area contributed by atoms with Gasteiger partial charge in [0.1, 0.15) is 11.5 Å². The van der Waals surface area contributed by atoms with Crippen LogP contribution in [0.2, 0.25) is 0 Å². The quantitative estimate of drug-likeness (QED) is 0.736. The zero-order valence-electron chi connectivity index (χ0n) is 16.1. The molecule has 2 aromatic rings. The van der Waals surface area contributed by atoms with Gasteiger partial charge in [-0.05, 0) is 60.8 Å². The van der Waals surface area contributed by atoms with E-state index in [-0.39, 0.29) is 6.04 Å². The molecule has 1 aliphatic heterocycles. The average molecular weight is 393 g/mol. The fourth-order valence-electron chi connectivity index (χ4n) is 4.03. The van der Waals surface area contributed by atoms with Crippen molar-refractivity contribution in [1.29, 1.82) is 0 Å². The first-order valence-corrected chi connectivity index (χ1v) is 9.89. The topological polar surface area (TPSA) is 42.5 Å². The van der Waals surface area contributed by atoms with Crippen LogP contribution in [0.4, 0.5) is 0 Å². The molecule has 144 valence electrons. The van der Waals surface area contributed by atoms with Gasteiger partial charge in [0.15, 0.2) is 5.11 Å². The third-order valence-electron chi connectivity index (χ3n) is 5.32. The minimum atomic E-state index is 0.0151. The summed E-state index contributed by atoms with van der Waals surface area (Å²) in [5.41, 5.74) is 5.91. The maximum absolute atomic E-state index is 5.61. The van der Waals surface area contributed by atoms with Crippen LogP contribution in [0.25, 0.3) is 6.08 Å². The number of hydrogen-bond acceptors (Lipinski definition) is 3. The molecule has 0 fully saturated rings. The first kappa shape index (κ1) is 18.6.